The van der Waals surface area contributed by atoms with Crippen LogP contribution in [0.2, 0.25) is 0 Å². The van der Waals surface area contributed by atoms with E-state index in [4.69, 9.17) is 4.74 Å². The van der Waals surface area contributed by atoms with Crippen molar-refractivity contribution >= 4 is 11.9 Å². The Morgan fingerprint density at radius 2 is 0.871 bits per heavy atom. The largest absolute Gasteiger partial charge is 0.462 e. The van der Waals surface area contributed by atoms with Gasteiger partial charge in [0.25, 0.3) is 0 Å². The molecule has 3 atom stereocenters. The molecule has 0 aliphatic rings. The fraction of sp³-hybridized carbons (Fsp3) is 0.857. The molecule has 0 radical (unpaired) electrons. The zero-order valence-electron chi connectivity index (χ0n) is 41.5. The lowest BCUT2D eigenvalue weighted by Gasteiger charge is -2.24. The third kappa shape index (κ3) is 44.7. The van der Waals surface area contributed by atoms with E-state index >= 15 is 0 Å². The molecule has 0 aromatic heterocycles. The summed E-state index contributed by atoms with van der Waals surface area (Å²) >= 11 is 0. The minimum absolute atomic E-state index is 0.0555. The first-order chi connectivity index (χ1) is 30.5. The Hall–Kier alpha value is -1.92. The molecule has 0 fully saturated rings. The van der Waals surface area contributed by atoms with E-state index < -0.39 is 18.2 Å². The quantitative estimate of drug-likeness (QED) is 0.0321. The maximum Gasteiger partial charge on any atom is 0.306 e. The summed E-state index contributed by atoms with van der Waals surface area (Å²) in [5.74, 6) is -0.499. The van der Waals surface area contributed by atoms with Gasteiger partial charge in [-0.25, -0.2) is 0 Å². The summed E-state index contributed by atoms with van der Waals surface area (Å²) < 4.78 is 5.93. The summed E-state index contributed by atoms with van der Waals surface area (Å²) in [5.41, 5.74) is 0. The lowest BCUT2D eigenvalue weighted by Crippen LogP contribution is -2.46. The summed E-state index contributed by atoms with van der Waals surface area (Å²) in [6.07, 6.45) is 59.3. The van der Waals surface area contributed by atoms with Crippen molar-refractivity contribution in [2.24, 2.45) is 0 Å². The van der Waals surface area contributed by atoms with Gasteiger partial charge >= 0.3 is 5.97 Å². The second kappa shape index (κ2) is 50.1. The number of hydrogen-bond donors (Lipinski definition) is 3. The smallest absolute Gasteiger partial charge is 0.306 e. The van der Waals surface area contributed by atoms with Gasteiger partial charge in [0, 0.05) is 6.42 Å². The average molecular weight is 872 g/mol. The van der Waals surface area contributed by atoms with Gasteiger partial charge in [-0.3, -0.25) is 9.59 Å². The normalized spacial score (nSPS) is 13.4. The highest BCUT2D eigenvalue weighted by molar-refractivity contribution is 5.77. The third-order valence-electron chi connectivity index (χ3n) is 12.5. The number of esters is 1. The third-order valence-corrected chi connectivity index (χ3v) is 12.5. The van der Waals surface area contributed by atoms with Crippen molar-refractivity contribution in [1.82, 2.24) is 5.32 Å². The SMILES string of the molecule is CC/C=C/C/C=C/C/C=C/CCCCC(CC(=O)NC(CO)C(O)CCCCCCCCCCCCCCC)OC(=O)CCCCCCCCCCCCCCCCCCCC. The number of carbonyl (C=O) groups excluding carboxylic acids is 2. The molecule has 0 rings (SSSR count). The van der Waals surface area contributed by atoms with Gasteiger partial charge in [0.1, 0.15) is 6.10 Å². The minimum Gasteiger partial charge on any atom is -0.462 e. The van der Waals surface area contributed by atoms with Gasteiger partial charge in [0.05, 0.1) is 25.2 Å². The molecule has 6 nitrogen and oxygen atoms in total. The van der Waals surface area contributed by atoms with Crippen molar-refractivity contribution in [2.45, 2.75) is 302 Å². The second-order valence-electron chi connectivity index (χ2n) is 18.6. The van der Waals surface area contributed by atoms with Gasteiger partial charge in [0.2, 0.25) is 5.91 Å². The zero-order chi connectivity index (χ0) is 45.2. The van der Waals surface area contributed by atoms with Crippen LogP contribution in [0.5, 0.6) is 0 Å². The monoisotopic (exact) mass is 872 g/mol. The van der Waals surface area contributed by atoms with E-state index in [-0.39, 0.29) is 24.9 Å². The van der Waals surface area contributed by atoms with Crippen molar-refractivity contribution in [3.63, 3.8) is 0 Å². The number of aliphatic hydroxyl groups is 2. The van der Waals surface area contributed by atoms with Crippen LogP contribution in [0.25, 0.3) is 0 Å². The van der Waals surface area contributed by atoms with Gasteiger partial charge in [0.15, 0.2) is 0 Å². The summed E-state index contributed by atoms with van der Waals surface area (Å²) in [6.45, 7) is 6.38. The molecule has 0 bridgehead atoms. The van der Waals surface area contributed by atoms with Crippen molar-refractivity contribution in [2.75, 3.05) is 6.61 Å². The van der Waals surface area contributed by atoms with Gasteiger partial charge < -0.3 is 20.3 Å². The van der Waals surface area contributed by atoms with Crippen molar-refractivity contribution in [3.8, 4) is 0 Å². The van der Waals surface area contributed by atoms with E-state index in [2.05, 4.69) is 62.5 Å². The summed E-state index contributed by atoms with van der Waals surface area (Å²) in [5, 5.41) is 23.8. The number of hydrogen-bond acceptors (Lipinski definition) is 5. The molecule has 0 heterocycles. The number of amides is 1. The maximum atomic E-state index is 13.2. The highest BCUT2D eigenvalue weighted by atomic mass is 16.5. The second-order valence-corrected chi connectivity index (χ2v) is 18.6. The molecule has 0 aromatic rings. The first kappa shape index (κ1) is 60.1. The van der Waals surface area contributed by atoms with E-state index in [0.29, 0.717) is 19.3 Å². The van der Waals surface area contributed by atoms with E-state index in [1.165, 1.54) is 161 Å². The van der Waals surface area contributed by atoms with Gasteiger partial charge in [-0.2, -0.15) is 0 Å². The zero-order valence-corrected chi connectivity index (χ0v) is 41.5. The van der Waals surface area contributed by atoms with Crippen LogP contribution in [0.3, 0.4) is 0 Å². The van der Waals surface area contributed by atoms with Crippen LogP contribution in [-0.2, 0) is 14.3 Å². The van der Waals surface area contributed by atoms with Crippen LogP contribution in [0, 0.1) is 0 Å². The number of rotatable bonds is 49. The Morgan fingerprint density at radius 3 is 1.31 bits per heavy atom. The van der Waals surface area contributed by atoms with Crippen molar-refractivity contribution in [1.29, 1.82) is 0 Å². The molecule has 0 spiro atoms. The number of aliphatic hydroxyl groups excluding tert-OH is 2. The number of unbranched alkanes of at least 4 members (excludes halogenated alkanes) is 31. The Balaban J connectivity index is 4.51. The van der Waals surface area contributed by atoms with Gasteiger partial charge in [-0.05, 0) is 57.8 Å². The molecule has 0 aromatic carbocycles. The average Bonchev–Trinajstić information content (AvgIpc) is 3.26. The predicted molar refractivity (Wildman–Crippen MR) is 269 cm³/mol. The van der Waals surface area contributed by atoms with Crippen molar-refractivity contribution in [3.05, 3.63) is 36.5 Å². The van der Waals surface area contributed by atoms with E-state index in [1.54, 1.807) is 0 Å². The van der Waals surface area contributed by atoms with Gasteiger partial charge in [-0.15, -0.1) is 0 Å². The predicted octanol–water partition coefficient (Wildman–Crippen LogP) is 16.5. The molecule has 3 unspecified atom stereocenters. The molecule has 3 N–H and O–H groups in total. The molecular formula is C56H105NO5. The lowest BCUT2D eigenvalue weighted by molar-refractivity contribution is -0.151. The van der Waals surface area contributed by atoms with Crippen LogP contribution in [0.15, 0.2) is 36.5 Å². The molecular weight excluding hydrogens is 767 g/mol. The summed E-state index contributed by atoms with van der Waals surface area (Å²) in [6, 6.07) is -0.710. The molecule has 1 amide bonds. The topological polar surface area (TPSA) is 95.9 Å². The highest BCUT2D eigenvalue weighted by Crippen LogP contribution is 2.18. The molecule has 364 valence electrons. The molecule has 0 aliphatic carbocycles. The Labute approximate surface area is 385 Å². The first-order valence-corrected chi connectivity index (χ1v) is 27.2. The Kier molecular flexibility index (Phi) is 48.5. The summed E-state index contributed by atoms with van der Waals surface area (Å²) in [7, 11) is 0. The van der Waals surface area contributed by atoms with Crippen LogP contribution in [-0.4, -0.2) is 46.9 Å². The molecule has 0 saturated heterocycles. The number of ether oxygens (including phenoxy) is 1. The van der Waals surface area contributed by atoms with E-state index in [9.17, 15) is 19.8 Å². The molecule has 0 saturated carbocycles. The highest BCUT2D eigenvalue weighted by Gasteiger charge is 2.24. The maximum absolute atomic E-state index is 13.2. The molecule has 0 aliphatic heterocycles. The minimum atomic E-state index is -0.795. The molecule has 6 heteroatoms. The molecule has 62 heavy (non-hydrogen) atoms. The lowest BCUT2D eigenvalue weighted by atomic mass is 10.0. The van der Waals surface area contributed by atoms with Crippen LogP contribution < -0.4 is 5.32 Å². The first-order valence-electron chi connectivity index (χ1n) is 27.2. The van der Waals surface area contributed by atoms with Crippen molar-refractivity contribution < 1.29 is 24.5 Å². The Bertz CT molecular complexity index is 1020. The van der Waals surface area contributed by atoms with Gasteiger partial charge in [-0.1, -0.05) is 250 Å². The van der Waals surface area contributed by atoms with E-state index in [1.807, 2.05) is 0 Å². The van der Waals surface area contributed by atoms with Crippen LogP contribution >= 0.6 is 0 Å². The van der Waals surface area contributed by atoms with E-state index in [0.717, 1.165) is 77.0 Å². The van der Waals surface area contributed by atoms with Crippen LogP contribution in [0.4, 0.5) is 0 Å². The number of nitrogens with one attached hydrogen (secondary N) is 1. The number of carbonyl (C=O) groups is 2. The van der Waals surface area contributed by atoms with Crippen LogP contribution in [0.1, 0.15) is 284 Å². The fourth-order valence-electron chi connectivity index (χ4n) is 8.39. The fourth-order valence-corrected chi connectivity index (χ4v) is 8.39. The number of allylic oxidation sites excluding steroid dienone is 6. The Morgan fingerprint density at radius 1 is 0.484 bits per heavy atom. The standard InChI is InChI=1S/C56H105NO5/c1-4-7-10-13-16-19-22-25-26-27-28-29-31-34-37-40-43-46-49-56(61)62-52(47-44-41-38-35-32-24-21-18-15-12-9-6-3)50-55(60)57-53(51-58)54(59)48-45-42-39-36-33-30-23-20-17-14-11-8-5-2/h9,12,18,21,32,35,52-54,58-59H,4-8,10-11,13-17,19-20,22-31,33-34,36-51H2,1-3H3,(H,57,60)/b12-9+,21-18+,35-32+. The summed E-state index contributed by atoms with van der Waals surface area (Å²) in [4.78, 5) is 26.2.